The first-order valence-electron chi connectivity index (χ1n) is 7.35. The first kappa shape index (κ1) is 13.8. The highest BCUT2D eigenvalue weighted by atomic mass is 16.4. The molecule has 1 saturated carbocycles. The van der Waals surface area contributed by atoms with E-state index in [1.54, 1.807) is 12.4 Å². The van der Waals surface area contributed by atoms with Crippen LogP contribution in [-0.4, -0.2) is 35.9 Å². The van der Waals surface area contributed by atoms with Crippen molar-refractivity contribution in [1.29, 1.82) is 0 Å². The lowest BCUT2D eigenvalue weighted by Crippen LogP contribution is -2.14. The van der Waals surface area contributed by atoms with E-state index in [-0.39, 0.29) is 6.54 Å². The largest absolute Gasteiger partial charge is 0.480 e. The number of carboxylic acids is 1. The summed E-state index contributed by atoms with van der Waals surface area (Å²) in [6.45, 7) is 0.770. The van der Waals surface area contributed by atoms with Crippen LogP contribution < -0.4 is 0 Å². The number of carbonyl (C=O) groups is 1. The Morgan fingerprint density at radius 3 is 2.81 bits per heavy atom. The highest BCUT2D eigenvalue weighted by molar-refractivity contribution is 5.66. The summed E-state index contributed by atoms with van der Waals surface area (Å²) in [7, 11) is 0. The average molecular weight is 289 g/mol. The first-order valence-corrected chi connectivity index (χ1v) is 7.35. The molecule has 2 heterocycles. The smallest absolute Gasteiger partial charge is 0.325 e. The van der Waals surface area contributed by atoms with Crippen molar-refractivity contribution in [3.63, 3.8) is 0 Å². The highest BCUT2D eigenvalue weighted by Gasteiger charge is 2.15. The van der Waals surface area contributed by atoms with Crippen LogP contribution in [0.5, 0.6) is 0 Å². The van der Waals surface area contributed by atoms with Crippen LogP contribution in [-0.2, 0) is 17.9 Å². The summed E-state index contributed by atoms with van der Waals surface area (Å²) < 4.78 is 3.28. The van der Waals surface area contributed by atoms with Gasteiger partial charge >= 0.3 is 5.97 Å². The van der Waals surface area contributed by atoms with Crippen molar-refractivity contribution in [3.8, 4) is 11.3 Å². The number of aromatic nitrogens is 5. The third-order valence-electron chi connectivity index (χ3n) is 3.93. The van der Waals surface area contributed by atoms with Gasteiger partial charge in [-0.05, 0) is 18.8 Å². The molecule has 0 amide bonds. The predicted molar refractivity (Wildman–Crippen MR) is 75.5 cm³/mol. The fraction of sp³-hybridized carbons (Fsp3) is 0.571. The van der Waals surface area contributed by atoms with Crippen molar-refractivity contribution in [2.45, 2.75) is 45.2 Å². The number of nitrogens with zero attached hydrogens (tertiary/aromatic N) is 5. The molecule has 0 unspecified atom stereocenters. The summed E-state index contributed by atoms with van der Waals surface area (Å²) in [5, 5.41) is 21.1. The molecule has 0 aliphatic heterocycles. The number of rotatable bonds is 5. The molecule has 0 saturated heterocycles. The van der Waals surface area contributed by atoms with E-state index in [2.05, 4.69) is 15.4 Å². The maximum Gasteiger partial charge on any atom is 0.325 e. The molecule has 0 spiro atoms. The second-order valence-electron chi connectivity index (χ2n) is 5.65. The molecule has 1 aliphatic rings. The molecule has 0 atom stereocenters. The van der Waals surface area contributed by atoms with Gasteiger partial charge in [0.25, 0.3) is 0 Å². The van der Waals surface area contributed by atoms with Crippen LogP contribution in [0, 0.1) is 5.92 Å². The lowest BCUT2D eigenvalue weighted by molar-refractivity contribution is -0.137. The topological polar surface area (TPSA) is 85.8 Å². The van der Waals surface area contributed by atoms with E-state index in [0.29, 0.717) is 5.92 Å². The molecular formula is C14H19N5O2. The Morgan fingerprint density at radius 2 is 2.05 bits per heavy atom. The molecule has 2 aromatic rings. The third kappa shape index (κ3) is 3.48. The first-order chi connectivity index (χ1) is 10.2. The summed E-state index contributed by atoms with van der Waals surface area (Å²) in [4.78, 5) is 10.6. The van der Waals surface area contributed by atoms with Gasteiger partial charge in [-0.25, -0.2) is 0 Å². The molecule has 0 aromatic carbocycles. The number of hydrogen-bond acceptors (Lipinski definition) is 4. The molecule has 1 fully saturated rings. The van der Waals surface area contributed by atoms with Crippen molar-refractivity contribution in [2.75, 3.05) is 0 Å². The van der Waals surface area contributed by atoms with E-state index in [1.165, 1.54) is 36.8 Å². The van der Waals surface area contributed by atoms with Crippen LogP contribution in [0.2, 0.25) is 0 Å². The van der Waals surface area contributed by atoms with E-state index >= 15 is 0 Å². The molecule has 7 nitrogen and oxygen atoms in total. The van der Waals surface area contributed by atoms with Crippen molar-refractivity contribution in [2.24, 2.45) is 5.92 Å². The van der Waals surface area contributed by atoms with Crippen LogP contribution in [0.3, 0.4) is 0 Å². The summed E-state index contributed by atoms with van der Waals surface area (Å²) in [6, 6.07) is 0. The standard InChI is InChI=1S/C14H19N5O2/c20-14(21)10-18-8-12(6-15-18)13-9-19(17-16-13)7-11-4-2-1-3-5-11/h6,8-9,11H,1-5,7,10H2,(H,20,21). The van der Waals surface area contributed by atoms with Crippen molar-refractivity contribution >= 4 is 5.97 Å². The second-order valence-corrected chi connectivity index (χ2v) is 5.65. The monoisotopic (exact) mass is 289 g/mol. The molecule has 7 heteroatoms. The van der Waals surface area contributed by atoms with Gasteiger partial charge in [0.2, 0.25) is 0 Å². The van der Waals surface area contributed by atoms with Gasteiger partial charge in [0.15, 0.2) is 0 Å². The lowest BCUT2D eigenvalue weighted by Gasteiger charge is -2.20. The Morgan fingerprint density at radius 1 is 1.24 bits per heavy atom. The van der Waals surface area contributed by atoms with Gasteiger partial charge in [-0.2, -0.15) is 5.10 Å². The van der Waals surface area contributed by atoms with Gasteiger partial charge in [0, 0.05) is 18.3 Å². The molecule has 21 heavy (non-hydrogen) atoms. The second kappa shape index (κ2) is 6.07. The zero-order chi connectivity index (χ0) is 14.7. The third-order valence-corrected chi connectivity index (χ3v) is 3.93. The number of hydrogen-bond donors (Lipinski definition) is 1. The van der Waals surface area contributed by atoms with Gasteiger partial charge in [-0.15, -0.1) is 5.10 Å². The molecule has 0 bridgehead atoms. The van der Waals surface area contributed by atoms with Crippen molar-refractivity contribution in [3.05, 3.63) is 18.6 Å². The number of aliphatic carboxylic acids is 1. The van der Waals surface area contributed by atoms with Crippen LogP contribution in [0.25, 0.3) is 11.3 Å². The van der Waals surface area contributed by atoms with E-state index in [0.717, 1.165) is 17.8 Å². The number of carboxylic acid groups (broad SMARTS) is 1. The quantitative estimate of drug-likeness (QED) is 0.907. The van der Waals surface area contributed by atoms with Gasteiger partial charge in [0.1, 0.15) is 12.2 Å². The SMILES string of the molecule is O=C(O)Cn1cc(-c2cn(CC3CCCCC3)nn2)cn1. The maximum atomic E-state index is 10.6. The zero-order valence-electron chi connectivity index (χ0n) is 11.9. The van der Waals surface area contributed by atoms with Gasteiger partial charge < -0.3 is 5.11 Å². The van der Waals surface area contributed by atoms with E-state index in [4.69, 9.17) is 5.11 Å². The van der Waals surface area contributed by atoms with E-state index < -0.39 is 5.97 Å². The Balaban J connectivity index is 1.66. The minimum Gasteiger partial charge on any atom is -0.480 e. The van der Waals surface area contributed by atoms with Crippen LogP contribution >= 0.6 is 0 Å². The fourth-order valence-corrected chi connectivity index (χ4v) is 2.88. The van der Waals surface area contributed by atoms with E-state index in [1.807, 2.05) is 10.9 Å². The average Bonchev–Trinajstić information content (AvgIpc) is 3.08. The minimum atomic E-state index is -0.911. The Hall–Kier alpha value is -2.18. The van der Waals surface area contributed by atoms with Gasteiger partial charge in [-0.3, -0.25) is 14.2 Å². The van der Waals surface area contributed by atoms with Crippen molar-refractivity contribution < 1.29 is 9.90 Å². The summed E-state index contributed by atoms with van der Waals surface area (Å²) >= 11 is 0. The fourth-order valence-electron chi connectivity index (χ4n) is 2.88. The maximum absolute atomic E-state index is 10.6. The summed E-state index contributed by atoms with van der Waals surface area (Å²) in [5.41, 5.74) is 1.54. The minimum absolute atomic E-state index is 0.143. The molecule has 3 rings (SSSR count). The lowest BCUT2D eigenvalue weighted by atomic mass is 9.89. The molecule has 2 aromatic heterocycles. The molecule has 1 aliphatic carbocycles. The molecular weight excluding hydrogens is 270 g/mol. The van der Waals surface area contributed by atoms with Crippen LogP contribution in [0.1, 0.15) is 32.1 Å². The van der Waals surface area contributed by atoms with Crippen LogP contribution in [0.4, 0.5) is 0 Å². The van der Waals surface area contributed by atoms with Crippen molar-refractivity contribution in [1.82, 2.24) is 24.8 Å². The predicted octanol–water partition coefficient (Wildman–Crippen LogP) is 1.81. The Kier molecular flexibility index (Phi) is 3.98. The Bertz CT molecular complexity index is 612. The molecule has 112 valence electrons. The molecule has 0 radical (unpaired) electrons. The van der Waals surface area contributed by atoms with Gasteiger partial charge in [-0.1, -0.05) is 24.5 Å². The zero-order valence-corrected chi connectivity index (χ0v) is 11.9. The summed E-state index contributed by atoms with van der Waals surface area (Å²) in [6.07, 6.45) is 11.7. The normalized spacial score (nSPS) is 16.2. The highest BCUT2D eigenvalue weighted by Crippen LogP contribution is 2.25. The van der Waals surface area contributed by atoms with Gasteiger partial charge in [0.05, 0.1) is 12.4 Å². The molecule has 1 N–H and O–H groups in total. The summed E-state index contributed by atoms with van der Waals surface area (Å²) in [5.74, 6) is -0.214. The Labute approximate surface area is 122 Å². The van der Waals surface area contributed by atoms with Crippen LogP contribution in [0.15, 0.2) is 18.6 Å². The van der Waals surface area contributed by atoms with E-state index in [9.17, 15) is 4.79 Å².